The Morgan fingerprint density at radius 2 is 1.79 bits per heavy atom. The molecule has 2 atom stereocenters. The smallest absolute Gasteiger partial charge is 0.334 e. The Morgan fingerprint density at radius 1 is 1.26 bits per heavy atom. The summed E-state index contributed by atoms with van der Waals surface area (Å²) in [5, 5.41) is 19.7. The Balaban J connectivity index is 4.59. The number of carboxylic acid groups (broad SMARTS) is 1. The fourth-order valence-corrected chi connectivity index (χ4v) is 2.07. The maximum absolute atomic E-state index is 11.7. The van der Waals surface area contributed by atoms with Crippen molar-refractivity contribution in [3.05, 3.63) is 0 Å². The second kappa shape index (κ2) is 7.41. The zero-order valence-corrected chi connectivity index (χ0v) is 11.9. The van der Waals surface area contributed by atoms with Gasteiger partial charge in [0.1, 0.15) is 6.04 Å². The van der Waals surface area contributed by atoms with E-state index in [9.17, 15) is 18.0 Å². The van der Waals surface area contributed by atoms with Crippen LogP contribution in [0.2, 0.25) is 0 Å². The van der Waals surface area contributed by atoms with Crippen LogP contribution in [-0.2, 0) is 19.6 Å². The number of hydrogen-bond acceptors (Lipinski definition) is 5. The van der Waals surface area contributed by atoms with Crippen molar-refractivity contribution in [2.24, 2.45) is 5.92 Å². The first-order chi connectivity index (χ1) is 8.53. The molecule has 0 aromatic rings. The maximum Gasteiger partial charge on any atom is 0.334 e. The van der Waals surface area contributed by atoms with Gasteiger partial charge in [0.15, 0.2) is 6.10 Å². The molecule has 0 fully saturated rings. The second-order valence-corrected chi connectivity index (χ2v) is 6.45. The Labute approximate surface area is 112 Å². The van der Waals surface area contributed by atoms with Crippen LogP contribution in [0.3, 0.4) is 0 Å². The van der Waals surface area contributed by atoms with Gasteiger partial charge in [-0.1, -0.05) is 13.8 Å². The van der Waals surface area contributed by atoms with E-state index in [1.54, 1.807) is 0 Å². The molecule has 9 heteroatoms. The summed E-state index contributed by atoms with van der Waals surface area (Å²) in [6.07, 6.45) is -0.524. The molecule has 0 rings (SSSR count). The third kappa shape index (κ3) is 8.51. The van der Waals surface area contributed by atoms with Crippen LogP contribution in [0.5, 0.6) is 0 Å². The van der Waals surface area contributed by atoms with E-state index in [1.807, 2.05) is 13.8 Å². The molecule has 19 heavy (non-hydrogen) atoms. The van der Waals surface area contributed by atoms with Crippen LogP contribution in [0.15, 0.2) is 0 Å². The van der Waals surface area contributed by atoms with Crippen molar-refractivity contribution in [3.63, 3.8) is 0 Å². The molecular weight excluding hydrogens is 276 g/mol. The van der Waals surface area contributed by atoms with Crippen LogP contribution in [0, 0.1) is 5.92 Å². The van der Waals surface area contributed by atoms with Crippen molar-refractivity contribution in [2.45, 2.75) is 32.4 Å². The highest BCUT2D eigenvalue weighted by Crippen LogP contribution is 2.06. The first kappa shape index (κ1) is 17.8. The minimum atomic E-state index is -3.56. The molecule has 0 aromatic heterocycles. The summed E-state index contributed by atoms with van der Waals surface area (Å²) >= 11 is 0. The minimum Gasteiger partial charge on any atom is -0.479 e. The predicted molar refractivity (Wildman–Crippen MR) is 67.9 cm³/mol. The summed E-state index contributed by atoms with van der Waals surface area (Å²) in [6.45, 7) is 3.15. The number of carbonyl (C=O) groups excluding carboxylic acids is 1. The molecule has 0 saturated heterocycles. The van der Waals surface area contributed by atoms with Crippen LogP contribution < -0.4 is 10.0 Å². The molecule has 0 aliphatic rings. The molecule has 0 saturated carbocycles. The third-order valence-corrected chi connectivity index (χ3v) is 2.85. The van der Waals surface area contributed by atoms with Crippen molar-refractivity contribution in [1.29, 1.82) is 0 Å². The van der Waals surface area contributed by atoms with Crippen molar-refractivity contribution in [2.75, 3.05) is 12.8 Å². The molecule has 0 aliphatic carbocycles. The van der Waals surface area contributed by atoms with Crippen LogP contribution >= 0.6 is 0 Å². The van der Waals surface area contributed by atoms with Gasteiger partial charge in [0.05, 0.1) is 12.8 Å². The van der Waals surface area contributed by atoms with Gasteiger partial charge in [0.25, 0.3) is 0 Å². The number of sulfonamides is 1. The van der Waals surface area contributed by atoms with Gasteiger partial charge >= 0.3 is 5.97 Å². The number of aliphatic hydroxyl groups excluding tert-OH is 1. The Kier molecular flexibility index (Phi) is 6.95. The van der Waals surface area contributed by atoms with Gasteiger partial charge in [-0.2, -0.15) is 0 Å². The number of carboxylic acids is 1. The molecule has 1 amide bonds. The fourth-order valence-electron chi connectivity index (χ4n) is 1.35. The monoisotopic (exact) mass is 296 g/mol. The summed E-state index contributed by atoms with van der Waals surface area (Å²) < 4.78 is 24.5. The normalized spacial score (nSPS) is 15.0. The third-order valence-electron chi connectivity index (χ3n) is 2.13. The number of carbonyl (C=O) groups is 2. The molecule has 0 aliphatic heterocycles. The first-order valence-electron chi connectivity index (χ1n) is 5.68. The number of aliphatic hydroxyl groups is 1. The van der Waals surface area contributed by atoms with E-state index >= 15 is 0 Å². The van der Waals surface area contributed by atoms with E-state index in [4.69, 9.17) is 10.2 Å². The van der Waals surface area contributed by atoms with Crippen LogP contribution in [0.4, 0.5) is 0 Å². The number of aliphatic carboxylic acids is 1. The minimum absolute atomic E-state index is 0.0643. The lowest BCUT2D eigenvalue weighted by Gasteiger charge is -2.19. The summed E-state index contributed by atoms with van der Waals surface area (Å²) in [7, 11) is -3.56. The second-order valence-electron chi connectivity index (χ2n) is 4.67. The van der Waals surface area contributed by atoms with E-state index in [-0.39, 0.29) is 12.3 Å². The van der Waals surface area contributed by atoms with Gasteiger partial charge in [0, 0.05) is 0 Å². The van der Waals surface area contributed by atoms with Crippen molar-refractivity contribution in [3.8, 4) is 0 Å². The average molecular weight is 296 g/mol. The van der Waals surface area contributed by atoms with Gasteiger partial charge in [0.2, 0.25) is 15.9 Å². The van der Waals surface area contributed by atoms with Crippen LogP contribution in [0.25, 0.3) is 0 Å². The summed E-state index contributed by atoms with van der Waals surface area (Å²) in [6, 6.07) is -0.990. The molecule has 1 unspecified atom stereocenters. The van der Waals surface area contributed by atoms with E-state index in [1.165, 1.54) is 0 Å². The molecule has 112 valence electrons. The quantitative estimate of drug-likeness (QED) is 0.431. The van der Waals surface area contributed by atoms with Crippen molar-refractivity contribution < 1.29 is 28.2 Å². The van der Waals surface area contributed by atoms with Gasteiger partial charge in [-0.05, 0) is 12.3 Å². The van der Waals surface area contributed by atoms with E-state index in [2.05, 4.69) is 10.0 Å². The van der Waals surface area contributed by atoms with Crippen LogP contribution in [-0.4, -0.2) is 55.5 Å². The molecule has 4 N–H and O–H groups in total. The Morgan fingerprint density at radius 3 is 2.16 bits per heavy atom. The number of rotatable bonds is 8. The lowest BCUT2D eigenvalue weighted by Crippen LogP contribution is -2.49. The predicted octanol–water partition coefficient (Wildman–Crippen LogP) is -1.49. The highest BCUT2D eigenvalue weighted by molar-refractivity contribution is 7.88. The highest BCUT2D eigenvalue weighted by Gasteiger charge is 2.24. The molecular formula is C10H20N2O6S. The van der Waals surface area contributed by atoms with Crippen molar-refractivity contribution in [1.82, 2.24) is 10.0 Å². The van der Waals surface area contributed by atoms with Gasteiger partial charge in [-0.15, -0.1) is 0 Å². The molecule has 0 radical (unpaired) electrons. The van der Waals surface area contributed by atoms with Gasteiger partial charge in [-0.25, -0.2) is 17.9 Å². The molecule has 0 aromatic carbocycles. The van der Waals surface area contributed by atoms with Crippen LogP contribution in [0.1, 0.15) is 20.3 Å². The van der Waals surface area contributed by atoms with Crippen molar-refractivity contribution >= 4 is 21.9 Å². The lowest BCUT2D eigenvalue weighted by atomic mass is 10.0. The number of hydrogen-bond donors (Lipinski definition) is 4. The summed E-state index contributed by atoms with van der Waals surface area (Å²) in [5.41, 5.74) is 0. The zero-order chi connectivity index (χ0) is 15.2. The standard InChI is InChI=1S/C10H20N2O6S/c1-6(2)4-7(12-19(3,17)18)9(14)11-5-8(13)10(15)16/h6-8,12-13H,4-5H2,1-3H3,(H,11,14)(H,15,16)/t7?,8-/m0/s1. The zero-order valence-electron chi connectivity index (χ0n) is 11.1. The van der Waals surface area contributed by atoms with E-state index in [0.717, 1.165) is 6.26 Å². The SMILES string of the molecule is CC(C)CC(NS(C)(=O)=O)C(=O)NC[C@H](O)C(=O)O. The Bertz CT molecular complexity index is 420. The number of nitrogens with one attached hydrogen (secondary N) is 2. The molecule has 0 spiro atoms. The maximum atomic E-state index is 11.7. The van der Waals surface area contributed by atoms with Gasteiger partial charge < -0.3 is 15.5 Å². The van der Waals surface area contributed by atoms with E-state index < -0.39 is 40.6 Å². The van der Waals surface area contributed by atoms with E-state index in [0.29, 0.717) is 0 Å². The molecule has 0 bridgehead atoms. The highest BCUT2D eigenvalue weighted by atomic mass is 32.2. The largest absolute Gasteiger partial charge is 0.479 e. The molecule has 8 nitrogen and oxygen atoms in total. The first-order valence-corrected chi connectivity index (χ1v) is 7.58. The Hall–Kier alpha value is -1.19. The summed E-state index contributed by atoms with van der Waals surface area (Å²) in [5.74, 6) is -2.06. The fraction of sp³-hybridized carbons (Fsp3) is 0.800. The lowest BCUT2D eigenvalue weighted by molar-refractivity contribution is -0.146. The topological polar surface area (TPSA) is 133 Å². The number of amides is 1. The average Bonchev–Trinajstić information content (AvgIpc) is 2.21. The summed E-state index contributed by atoms with van der Waals surface area (Å²) in [4.78, 5) is 22.1. The molecule has 0 heterocycles. The van der Waals surface area contributed by atoms with Gasteiger partial charge in [-0.3, -0.25) is 4.79 Å².